The first-order chi connectivity index (χ1) is 7.81. The molecule has 3 nitrogen and oxygen atoms in total. The molecule has 0 radical (unpaired) electrons. The highest BCUT2D eigenvalue weighted by molar-refractivity contribution is 9.10. The molecule has 0 atom stereocenters. The number of nitrogens with two attached hydrogens (primary N) is 1. The second-order valence-corrected chi connectivity index (χ2v) is 4.72. The van der Waals surface area contributed by atoms with Crippen LogP contribution >= 0.6 is 15.9 Å². The summed E-state index contributed by atoms with van der Waals surface area (Å²) in [5.74, 6) is 0.886. The number of hydrogen-bond donors (Lipinski definition) is 1. The average Bonchev–Trinajstić information content (AvgIpc) is 2.33. The zero-order chi connectivity index (χ0) is 11.4. The van der Waals surface area contributed by atoms with E-state index in [2.05, 4.69) is 15.9 Å². The van der Waals surface area contributed by atoms with Gasteiger partial charge in [0, 0.05) is 24.9 Å². The predicted octanol–water partition coefficient (Wildman–Crippen LogP) is 2.47. The van der Waals surface area contributed by atoms with Gasteiger partial charge in [0.25, 0.3) is 0 Å². The van der Waals surface area contributed by atoms with Crippen LogP contribution in [-0.4, -0.2) is 19.3 Å². The van der Waals surface area contributed by atoms with Crippen LogP contribution in [0.1, 0.15) is 18.4 Å². The Balaban J connectivity index is 2.12. The molecule has 0 unspecified atom stereocenters. The van der Waals surface area contributed by atoms with Gasteiger partial charge < -0.3 is 15.2 Å². The van der Waals surface area contributed by atoms with Crippen LogP contribution in [0.15, 0.2) is 22.7 Å². The van der Waals surface area contributed by atoms with Gasteiger partial charge in [-0.3, -0.25) is 0 Å². The van der Waals surface area contributed by atoms with E-state index in [-0.39, 0.29) is 6.10 Å². The molecule has 1 aliphatic rings. The topological polar surface area (TPSA) is 44.5 Å². The number of halogens is 1. The number of rotatable bonds is 3. The molecule has 1 fully saturated rings. The van der Waals surface area contributed by atoms with Crippen molar-refractivity contribution in [1.82, 2.24) is 0 Å². The van der Waals surface area contributed by atoms with Crippen LogP contribution in [-0.2, 0) is 11.3 Å². The van der Waals surface area contributed by atoms with E-state index in [0.717, 1.165) is 41.8 Å². The van der Waals surface area contributed by atoms with Crippen LogP contribution in [0, 0.1) is 0 Å². The van der Waals surface area contributed by atoms with Crippen LogP contribution < -0.4 is 10.5 Å². The lowest BCUT2D eigenvalue weighted by Gasteiger charge is -2.25. The summed E-state index contributed by atoms with van der Waals surface area (Å²) in [4.78, 5) is 0. The molecular weight excluding hydrogens is 270 g/mol. The van der Waals surface area contributed by atoms with Crippen molar-refractivity contribution in [2.24, 2.45) is 5.73 Å². The highest BCUT2D eigenvalue weighted by atomic mass is 79.9. The maximum Gasteiger partial charge on any atom is 0.138 e. The van der Waals surface area contributed by atoms with E-state index >= 15 is 0 Å². The minimum Gasteiger partial charge on any atom is -0.489 e. The van der Waals surface area contributed by atoms with Crippen molar-refractivity contribution in [3.8, 4) is 5.75 Å². The zero-order valence-corrected chi connectivity index (χ0v) is 10.7. The second-order valence-electron chi connectivity index (χ2n) is 3.86. The molecule has 1 heterocycles. The van der Waals surface area contributed by atoms with Crippen molar-refractivity contribution in [2.75, 3.05) is 13.2 Å². The third-order valence-corrected chi connectivity index (χ3v) is 3.35. The fourth-order valence-corrected chi connectivity index (χ4v) is 2.31. The summed E-state index contributed by atoms with van der Waals surface area (Å²) < 4.78 is 12.3. The number of hydrogen-bond acceptors (Lipinski definition) is 3. The molecule has 0 aromatic heterocycles. The molecule has 2 rings (SSSR count). The van der Waals surface area contributed by atoms with Gasteiger partial charge in [0.2, 0.25) is 0 Å². The maximum absolute atomic E-state index is 6.00. The van der Waals surface area contributed by atoms with E-state index in [1.807, 2.05) is 18.2 Å². The summed E-state index contributed by atoms with van der Waals surface area (Å²) in [5, 5.41) is 0. The van der Waals surface area contributed by atoms with E-state index in [1.165, 1.54) is 0 Å². The summed E-state index contributed by atoms with van der Waals surface area (Å²) in [5.41, 5.74) is 6.74. The molecule has 0 spiro atoms. The number of para-hydroxylation sites is 1. The Morgan fingerprint density at radius 1 is 1.38 bits per heavy atom. The monoisotopic (exact) mass is 285 g/mol. The van der Waals surface area contributed by atoms with Crippen molar-refractivity contribution in [3.63, 3.8) is 0 Å². The molecular formula is C12H16BrNO2. The fraction of sp³-hybridized carbons (Fsp3) is 0.500. The first kappa shape index (κ1) is 11.9. The second kappa shape index (κ2) is 5.66. The molecule has 1 aromatic rings. The van der Waals surface area contributed by atoms with Gasteiger partial charge in [-0.2, -0.15) is 0 Å². The van der Waals surface area contributed by atoms with Crippen molar-refractivity contribution in [3.05, 3.63) is 28.2 Å². The van der Waals surface area contributed by atoms with Crippen LogP contribution in [0.25, 0.3) is 0 Å². The third kappa shape index (κ3) is 2.75. The predicted molar refractivity (Wildman–Crippen MR) is 66.5 cm³/mol. The maximum atomic E-state index is 6.00. The molecule has 0 saturated carbocycles. The molecule has 4 heteroatoms. The van der Waals surface area contributed by atoms with Gasteiger partial charge in [-0.1, -0.05) is 12.1 Å². The highest BCUT2D eigenvalue weighted by Gasteiger charge is 2.17. The average molecular weight is 286 g/mol. The van der Waals surface area contributed by atoms with Crippen LogP contribution in [0.5, 0.6) is 5.75 Å². The Morgan fingerprint density at radius 3 is 2.81 bits per heavy atom. The van der Waals surface area contributed by atoms with Gasteiger partial charge in [0.05, 0.1) is 17.7 Å². The van der Waals surface area contributed by atoms with Crippen LogP contribution in [0.2, 0.25) is 0 Å². The molecule has 1 aliphatic heterocycles. The highest BCUT2D eigenvalue weighted by Crippen LogP contribution is 2.31. The van der Waals surface area contributed by atoms with Gasteiger partial charge in [0.1, 0.15) is 11.9 Å². The van der Waals surface area contributed by atoms with Crippen molar-refractivity contribution < 1.29 is 9.47 Å². The van der Waals surface area contributed by atoms with Gasteiger partial charge in [-0.05, 0) is 22.0 Å². The minimum atomic E-state index is 0.248. The molecule has 88 valence electrons. The van der Waals surface area contributed by atoms with Crippen LogP contribution in [0.3, 0.4) is 0 Å². The summed E-state index contributed by atoms with van der Waals surface area (Å²) in [7, 11) is 0. The Morgan fingerprint density at radius 2 is 2.12 bits per heavy atom. The van der Waals surface area contributed by atoms with Gasteiger partial charge in [0.15, 0.2) is 0 Å². The Labute approximate surface area is 104 Å². The Hall–Kier alpha value is -0.580. The molecule has 1 aromatic carbocycles. The van der Waals surface area contributed by atoms with Crippen LogP contribution in [0.4, 0.5) is 0 Å². The van der Waals surface area contributed by atoms with E-state index in [0.29, 0.717) is 6.54 Å². The lowest BCUT2D eigenvalue weighted by Crippen LogP contribution is -2.26. The molecule has 0 aliphatic carbocycles. The Kier molecular flexibility index (Phi) is 4.21. The normalized spacial score (nSPS) is 17.4. The summed E-state index contributed by atoms with van der Waals surface area (Å²) in [6.07, 6.45) is 2.15. The van der Waals surface area contributed by atoms with E-state index in [1.54, 1.807) is 0 Å². The first-order valence-electron chi connectivity index (χ1n) is 5.53. The van der Waals surface area contributed by atoms with Crippen molar-refractivity contribution in [2.45, 2.75) is 25.5 Å². The molecule has 1 saturated heterocycles. The molecule has 0 amide bonds. The van der Waals surface area contributed by atoms with Crippen molar-refractivity contribution in [1.29, 1.82) is 0 Å². The zero-order valence-electron chi connectivity index (χ0n) is 9.12. The molecule has 2 N–H and O–H groups in total. The summed E-state index contributed by atoms with van der Waals surface area (Å²) >= 11 is 3.50. The van der Waals surface area contributed by atoms with Crippen molar-refractivity contribution >= 4 is 15.9 Å². The van der Waals surface area contributed by atoms with Gasteiger partial charge >= 0.3 is 0 Å². The standard InChI is InChI=1S/C12H16BrNO2/c13-11-3-1-2-9(8-14)12(11)16-10-4-6-15-7-5-10/h1-3,10H,4-8,14H2. The smallest absolute Gasteiger partial charge is 0.138 e. The largest absolute Gasteiger partial charge is 0.489 e. The first-order valence-corrected chi connectivity index (χ1v) is 6.32. The van der Waals surface area contributed by atoms with E-state index < -0.39 is 0 Å². The fourth-order valence-electron chi connectivity index (χ4n) is 1.81. The SMILES string of the molecule is NCc1cccc(Br)c1OC1CCOCC1. The summed E-state index contributed by atoms with van der Waals surface area (Å²) in [6.45, 7) is 2.07. The number of ether oxygens (including phenoxy) is 2. The van der Waals surface area contributed by atoms with Gasteiger partial charge in [-0.25, -0.2) is 0 Å². The third-order valence-electron chi connectivity index (χ3n) is 2.72. The lowest BCUT2D eigenvalue weighted by atomic mass is 10.1. The summed E-state index contributed by atoms with van der Waals surface area (Å²) in [6, 6.07) is 5.95. The Bertz CT molecular complexity index is 351. The quantitative estimate of drug-likeness (QED) is 0.928. The lowest BCUT2D eigenvalue weighted by molar-refractivity contribution is 0.0249. The van der Waals surface area contributed by atoms with E-state index in [9.17, 15) is 0 Å². The minimum absolute atomic E-state index is 0.248. The van der Waals surface area contributed by atoms with E-state index in [4.69, 9.17) is 15.2 Å². The molecule has 0 bridgehead atoms. The van der Waals surface area contributed by atoms with Gasteiger partial charge in [-0.15, -0.1) is 0 Å². The number of benzene rings is 1. The molecule has 16 heavy (non-hydrogen) atoms.